The maximum Gasteiger partial charge on any atom is 0.180 e. The first-order valence-corrected chi connectivity index (χ1v) is 10.5. The van der Waals surface area contributed by atoms with Gasteiger partial charge in [-0.15, -0.1) is 11.3 Å². The van der Waals surface area contributed by atoms with Crippen molar-refractivity contribution in [2.75, 3.05) is 12.8 Å². The molecule has 2 aromatic heterocycles. The first-order valence-electron chi connectivity index (χ1n) is 7.65. The van der Waals surface area contributed by atoms with Gasteiger partial charge in [0.2, 0.25) is 0 Å². The van der Waals surface area contributed by atoms with Crippen LogP contribution in [0.15, 0.2) is 52.1 Å². The number of benzene rings is 1. The summed E-state index contributed by atoms with van der Waals surface area (Å²) in [6.07, 6.45) is 3.42. The standard InChI is InChI=1S/C17H15ClN2O3S2/c1-20(9-12-8-19-17(24-12)15-3-2-6-23-15)14-10-25(21,22)16-5-4-11(18)7-13(14)16/h2-8,14H,9-10H2,1H3. The summed E-state index contributed by atoms with van der Waals surface area (Å²) in [5.74, 6) is 0.808. The molecule has 0 radical (unpaired) electrons. The molecule has 1 aromatic carbocycles. The van der Waals surface area contributed by atoms with E-state index in [2.05, 4.69) is 4.98 Å². The average Bonchev–Trinajstić information content (AvgIpc) is 3.26. The molecule has 1 unspecified atom stereocenters. The lowest BCUT2D eigenvalue weighted by molar-refractivity contribution is 0.259. The maximum absolute atomic E-state index is 12.4. The van der Waals surface area contributed by atoms with Crippen molar-refractivity contribution in [1.82, 2.24) is 9.88 Å². The smallest absolute Gasteiger partial charge is 0.180 e. The summed E-state index contributed by atoms with van der Waals surface area (Å²) in [7, 11) is -1.35. The molecule has 1 atom stereocenters. The predicted octanol–water partition coefficient (Wildman–Crippen LogP) is 4.02. The monoisotopic (exact) mass is 394 g/mol. The Hall–Kier alpha value is -1.67. The van der Waals surface area contributed by atoms with E-state index in [0.717, 1.165) is 21.2 Å². The third kappa shape index (κ3) is 3.13. The quantitative estimate of drug-likeness (QED) is 0.668. The van der Waals surface area contributed by atoms with Crippen molar-refractivity contribution >= 4 is 32.8 Å². The van der Waals surface area contributed by atoms with Crippen molar-refractivity contribution in [3.05, 3.63) is 58.3 Å². The first-order chi connectivity index (χ1) is 11.9. The van der Waals surface area contributed by atoms with E-state index < -0.39 is 9.84 Å². The molecule has 4 rings (SSSR count). The fourth-order valence-corrected chi connectivity index (χ4v) is 6.05. The van der Waals surface area contributed by atoms with Crippen LogP contribution in [0.4, 0.5) is 0 Å². The number of fused-ring (bicyclic) bond motifs is 1. The number of rotatable bonds is 4. The summed E-state index contributed by atoms with van der Waals surface area (Å²) in [5.41, 5.74) is 0.769. The van der Waals surface area contributed by atoms with Crippen LogP contribution in [0.2, 0.25) is 5.02 Å². The van der Waals surface area contributed by atoms with Gasteiger partial charge in [-0.2, -0.15) is 0 Å². The van der Waals surface area contributed by atoms with Crippen LogP contribution < -0.4 is 0 Å². The van der Waals surface area contributed by atoms with E-state index in [1.54, 1.807) is 42.0 Å². The molecule has 5 nitrogen and oxygen atoms in total. The molecular weight excluding hydrogens is 380 g/mol. The zero-order chi connectivity index (χ0) is 17.6. The minimum atomic E-state index is -3.27. The predicted molar refractivity (Wildman–Crippen MR) is 97.5 cm³/mol. The molecule has 0 bridgehead atoms. The van der Waals surface area contributed by atoms with Gasteiger partial charge in [-0.3, -0.25) is 4.90 Å². The molecule has 3 aromatic rings. The molecule has 130 valence electrons. The van der Waals surface area contributed by atoms with E-state index in [0.29, 0.717) is 16.5 Å². The van der Waals surface area contributed by atoms with Crippen LogP contribution in [0.25, 0.3) is 10.8 Å². The zero-order valence-electron chi connectivity index (χ0n) is 13.3. The van der Waals surface area contributed by atoms with Gasteiger partial charge in [0, 0.05) is 22.6 Å². The molecule has 0 saturated carbocycles. The highest BCUT2D eigenvalue weighted by Crippen LogP contribution is 2.39. The summed E-state index contributed by atoms with van der Waals surface area (Å²) >= 11 is 7.62. The molecule has 0 N–H and O–H groups in total. The summed E-state index contributed by atoms with van der Waals surface area (Å²) in [6, 6.07) is 8.46. The molecule has 3 heterocycles. The number of nitrogens with zero attached hydrogens (tertiary/aromatic N) is 2. The molecule has 0 fully saturated rings. The molecule has 25 heavy (non-hydrogen) atoms. The maximum atomic E-state index is 12.4. The van der Waals surface area contributed by atoms with Gasteiger partial charge in [-0.1, -0.05) is 11.6 Å². The van der Waals surface area contributed by atoms with Gasteiger partial charge in [-0.05, 0) is 42.9 Å². The second-order valence-electron chi connectivity index (χ2n) is 6.00. The van der Waals surface area contributed by atoms with Crippen LogP contribution >= 0.6 is 22.9 Å². The normalized spacial score (nSPS) is 18.6. The Morgan fingerprint density at radius 1 is 1.40 bits per heavy atom. The largest absolute Gasteiger partial charge is 0.462 e. The Morgan fingerprint density at radius 3 is 3.00 bits per heavy atom. The lowest BCUT2D eigenvalue weighted by Gasteiger charge is -2.23. The van der Waals surface area contributed by atoms with E-state index in [1.807, 2.05) is 24.1 Å². The topological polar surface area (TPSA) is 63.4 Å². The summed E-state index contributed by atoms with van der Waals surface area (Å²) < 4.78 is 30.2. The van der Waals surface area contributed by atoms with Gasteiger partial charge in [0.05, 0.1) is 23.0 Å². The van der Waals surface area contributed by atoms with E-state index >= 15 is 0 Å². The van der Waals surface area contributed by atoms with Crippen molar-refractivity contribution in [1.29, 1.82) is 0 Å². The highest BCUT2D eigenvalue weighted by atomic mass is 35.5. The Labute approximate surface area is 154 Å². The number of thiazole rings is 1. The van der Waals surface area contributed by atoms with Crippen LogP contribution in [0.3, 0.4) is 0 Å². The van der Waals surface area contributed by atoms with E-state index in [-0.39, 0.29) is 11.8 Å². The summed E-state index contributed by atoms with van der Waals surface area (Å²) in [5, 5.41) is 1.36. The van der Waals surface area contributed by atoms with Gasteiger partial charge in [-0.25, -0.2) is 13.4 Å². The van der Waals surface area contributed by atoms with Crippen LogP contribution in [0.5, 0.6) is 0 Å². The van der Waals surface area contributed by atoms with Gasteiger partial charge >= 0.3 is 0 Å². The molecule has 0 aliphatic carbocycles. The minimum Gasteiger partial charge on any atom is -0.462 e. The van der Waals surface area contributed by atoms with Gasteiger partial charge < -0.3 is 4.42 Å². The zero-order valence-corrected chi connectivity index (χ0v) is 15.7. The highest BCUT2D eigenvalue weighted by molar-refractivity contribution is 7.91. The molecule has 0 amide bonds. The second kappa shape index (κ2) is 6.25. The third-order valence-corrected chi connectivity index (χ3v) is 7.29. The van der Waals surface area contributed by atoms with E-state index in [4.69, 9.17) is 16.0 Å². The van der Waals surface area contributed by atoms with Crippen LogP contribution in [0, 0.1) is 0 Å². The average molecular weight is 395 g/mol. The highest BCUT2D eigenvalue weighted by Gasteiger charge is 2.37. The Kier molecular flexibility index (Phi) is 4.19. The molecule has 1 aliphatic heterocycles. The first kappa shape index (κ1) is 16.8. The third-order valence-electron chi connectivity index (χ3n) is 4.27. The lowest BCUT2D eigenvalue weighted by atomic mass is 10.1. The molecular formula is C17H15ClN2O3S2. The molecule has 8 heteroatoms. The van der Waals surface area contributed by atoms with Gasteiger partial charge in [0.25, 0.3) is 0 Å². The Morgan fingerprint density at radius 2 is 2.24 bits per heavy atom. The number of aromatic nitrogens is 1. The fraction of sp³-hybridized carbons (Fsp3) is 0.235. The minimum absolute atomic E-state index is 0.0724. The van der Waals surface area contributed by atoms with Crippen molar-refractivity contribution in [2.24, 2.45) is 0 Å². The van der Waals surface area contributed by atoms with Gasteiger partial charge in [0.15, 0.2) is 20.6 Å². The lowest BCUT2D eigenvalue weighted by Crippen LogP contribution is -2.25. The SMILES string of the molecule is CN(Cc1cnc(-c2ccco2)s1)C1CS(=O)(=O)c2ccc(Cl)cc21. The van der Waals surface area contributed by atoms with Crippen molar-refractivity contribution in [2.45, 2.75) is 17.5 Å². The van der Waals surface area contributed by atoms with E-state index in [9.17, 15) is 8.42 Å². The number of sulfone groups is 1. The van der Waals surface area contributed by atoms with Crippen molar-refractivity contribution < 1.29 is 12.8 Å². The Balaban J connectivity index is 1.58. The fourth-order valence-electron chi connectivity index (χ4n) is 3.07. The molecule has 0 saturated heterocycles. The summed E-state index contributed by atoms with van der Waals surface area (Å²) in [4.78, 5) is 7.84. The number of hydrogen-bond donors (Lipinski definition) is 0. The molecule has 1 aliphatic rings. The Bertz CT molecular complexity index is 1010. The van der Waals surface area contributed by atoms with E-state index in [1.165, 1.54) is 0 Å². The van der Waals surface area contributed by atoms with Gasteiger partial charge in [0.1, 0.15) is 0 Å². The number of furan rings is 1. The van der Waals surface area contributed by atoms with Crippen molar-refractivity contribution in [3.8, 4) is 10.8 Å². The molecule has 0 spiro atoms. The van der Waals surface area contributed by atoms with Crippen LogP contribution in [-0.2, 0) is 16.4 Å². The van der Waals surface area contributed by atoms with Crippen LogP contribution in [-0.4, -0.2) is 31.1 Å². The summed E-state index contributed by atoms with van der Waals surface area (Å²) in [6.45, 7) is 0.602. The number of halogens is 1. The van der Waals surface area contributed by atoms with Crippen molar-refractivity contribution in [3.63, 3.8) is 0 Å². The van der Waals surface area contributed by atoms with Crippen LogP contribution in [0.1, 0.15) is 16.5 Å². The number of hydrogen-bond acceptors (Lipinski definition) is 6. The second-order valence-corrected chi connectivity index (χ2v) is 9.56.